The number of methoxy groups -OCH3 is 1. The van der Waals surface area contributed by atoms with Gasteiger partial charge in [-0.15, -0.1) is 0 Å². The molecule has 1 aromatic heterocycles. The van der Waals surface area contributed by atoms with Crippen LogP contribution in [0.25, 0.3) is 10.2 Å². The Bertz CT molecular complexity index is 1270. The first-order valence-electron chi connectivity index (χ1n) is 10.3. The zero-order valence-electron chi connectivity index (χ0n) is 17.8. The number of carboxylic acid groups (broad SMARTS) is 1. The maximum atomic E-state index is 13.3. The Labute approximate surface area is 195 Å². The lowest BCUT2D eigenvalue weighted by Gasteiger charge is -2.52. The van der Waals surface area contributed by atoms with Gasteiger partial charge in [-0.2, -0.15) is 8.78 Å². The number of ether oxygens (including phenoxy) is 3. The largest absolute Gasteiger partial charge is 0.496 e. The lowest BCUT2D eigenvalue weighted by Crippen LogP contribution is -2.64. The van der Waals surface area contributed by atoms with Crippen molar-refractivity contribution in [3.05, 3.63) is 41.5 Å². The van der Waals surface area contributed by atoms with Crippen LogP contribution in [0.5, 0.6) is 11.5 Å². The summed E-state index contributed by atoms with van der Waals surface area (Å²) >= 11 is 1.35. The van der Waals surface area contributed by atoms with Gasteiger partial charge in [0, 0.05) is 0 Å². The summed E-state index contributed by atoms with van der Waals surface area (Å²) < 4.78 is 40.8. The molecule has 2 aliphatic rings. The molecule has 9 nitrogen and oxygen atoms in total. The number of anilines is 2. The molecule has 0 spiro atoms. The van der Waals surface area contributed by atoms with Gasteiger partial charge < -0.3 is 29.5 Å². The molecule has 34 heavy (non-hydrogen) atoms. The normalized spacial score (nSPS) is 19.1. The van der Waals surface area contributed by atoms with Gasteiger partial charge in [-0.1, -0.05) is 11.3 Å². The number of aromatic carboxylic acids is 1. The van der Waals surface area contributed by atoms with E-state index in [0.717, 1.165) is 23.7 Å². The Balaban J connectivity index is 1.50. The lowest BCUT2D eigenvalue weighted by molar-refractivity contribution is -0.0499. The molecule has 2 aromatic carbocycles. The fourth-order valence-electron chi connectivity index (χ4n) is 4.28. The molecule has 2 fully saturated rings. The molecule has 2 aliphatic heterocycles. The summed E-state index contributed by atoms with van der Waals surface area (Å²) in [5.74, 6) is -2.07. The summed E-state index contributed by atoms with van der Waals surface area (Å²) in [5.41, 5.74) is 0.347. The number of rotatable bonds is 7. The van der Waals surface area contributed by atoms with Crippen molar-refractivity contribution in [2.45, 2.75) is 25.1 Å². The number of carbonyl (C=O) groups excluding carboxylic acids is 1. The van der Waals surface area contributed by atoms with Crippen molar-refractivity contribution in [3.8, 4) is 11.5 Å². The zero-order valence-corrected chi connectivity index (χ0v) is 18.6. The first kappa shape index (κ1) is 22.3. The molecule has 0 aliphatic carbocycles. The van der Waals surface area contributed by atoms with Crippen molar-refractivity contribution in [2.75, 3.05) is 30.5 Å². The number of nitrogens with one attached hydrogen (secondary N) is 1. The number of fused-ring (bicyclic) bond motifs is 3. The Morgan fingerprint density at radius 3 is 2.68 bits per heavy atom. The van der Waals surface area contributed by atoms with Crippen LogP contribution in [0.4, 0.5) is 19.6 Å². The number of alkyl halides is 2. The highest BCUT2D eigenvalue weighted by atomic mass is 32.1. The Hall–Kier alpha value is -3.51. The predicted octanol–water partition coefficient (Wildman–Crippen LogP) is 3.83. The minimum absolute atomic E-state index is 0.0719. The summed E-state index contributed by atoms with van der Waals surface area (Å²) in [6.07, 6.45) is 1.04. The van der Waals surface area contributed by atoms with E-state index in [1.54, 1.807) is 12.1 Å². The summed E-state index contributed by atoms with van der Waals surface area (Å²) in [7, 11) is 1.43. The maximum Gasteiger partial charge on any atom is 0.387 e. The smallest absolute Gasteiger partial charge is 0.387 e. The van der Waals surface area contributed by atoms with Gasteiger partial charge >= 0.3 is 12.6 Å². The number of carboxylic acids is 1. The quantitative estimate of drug-likeness (QED) is 0.513. The summed E-state index contributed by atoms with van der Waals surface area (Å²) in [5, 5.41) is 12.9. The Morgan fingerprint density at radius 1 is 1.26 bits per heavy atom. The van der Waals surface area contributed by atoms with E-state index in [2.05, 4.69) is 15.0 Å². The van der Waals surface area contributed by atoms with Crippen molar-refractivity contribution < 1.29 is 37.7 Å². The highest BCUT2D eigenvalue weighted by Crippen LogP contribution is 2.42. The van der Waals surface area contributed by atoms with Gasteiger partial charge in [-0.25, -0.2) is 9.78 Å². The third-order valence-corrected chi connectivity index (χ3v) is 6.92. The average molecular weight is 491 g/mol. The Morgan fingerprint density at radius 2 is 2.03 bits per heavy atom. The number of halogens is 2. The van der Waals surface area contributed by atoms with Crippen LogP contribution in [0.15, 0.2) is 30.3 Å². The second kappa shape index (κ2) is 8.69. The van der Waals surface area contributed by atoms with Crippen molar-refractivity contribution >= 4 is 44.2 Å². The number of benzene rings is 2. The molecule has 178 valence electrons. The zero-order chi connectivity index (χ0) is 24.0. The molecule has 2 N–H and O–H groups in total. The first-order valence-corrected chi connectivity index (χ1v) is 11.1. The molecule has 0 saturated carbocycles. The molecule has 2 saturated heterocycles. The molecule has 5 rings (SSSR count). The number of hydrogen-bond acceptors (Lipinski definition) is 8. The van der Waals surface area contributed by atoms with Gasteiger partial charge in [-0.05, 0) is 36.8 Å². The van der Waals surface area contributed by atoms with E-state index in [1.165, 1.54) is 24.5 Å². The second-order valence-electron chi connectivity index (χ2n) is 7.82. The Kier molecular flexibility index (Phi) is 5.70. The molecule has 12 heteroatoms. The fraction of sp³-hybridized carbons (Fsp3) is 0.318. The number of hydrogen-bond donors (Lipinski definition) is 2. The van der Waals surface area contributed by atoms with Crippen LogP contribution in [0.3, 0.4) is 0 Å². The van der Waals surface area contributed by atoms with Crippen molar-refractivity contribution in [2.24, 2.45) is 0 Å². The van der Waals surface area contributed by atoms with E-state index in [0.29, 0.717) is 29.2 Å². The summed E-state index contributed by atoms with van der Waals surface area (Å²) in [6, 6.07) is 7.18. The monoisotopic (exact) mass is 491 g/mol. The summed E-state index contributed by atoms with van der Waals surface area (Å²) in [4.78, 5) is 31.9. The van der Waals surface area contributed by atoms with E-state index >= 15 is 0 Å². The van der Waals surface area contributed by atoms with Crippen molar-refractivity contribution in [3.63, 3.8) is 0 Å². The van der Waals surface area contributed by atoms with Gasteiger partial charge in [0.15, 0.2) is 5.13 Å². The van der Waals surface area contributed by atoms with Gasteiger partial charge in [-0.3, -0.25) is 4.79 Å². The third kappa shape index (κ3) is 3.88. The molecule has 2 atom stereocenters. The number of nitrogens with zero attached hydrogens (tertiary/aromatic N) is 2. The van der Waals surface area contributed by atoms with Gasteiger partial charge in [0.25, 0.3) is 5.91 Å². The van der Waals surface area contributed by atoms with Crippen LogP contribution < -0.4 is 19.7 Å². The minimum atomic E-state index is -3.11. The molecule has 2 unspecified atom stereocenters. The van der Waals surface area contributed by atoms with Crippen LogP contribution in [-0.4, -0.2) is 61.0 Å². The average Bonchev–Trinajstić information content (AvgIpc) is 3.22. The maximum absolute atomic E-state index is 13.3. The van der Waals surface area contributed by atoms with Gasteiger partial charge in [0.2, 0.25) is 0 Å². The fourth-order valence-corrected chi connectivity index (χ4v) is 5.52. The number of morpholine rings is 1. The topological polar surface area (TPSA) is 110 Å². The van der Waals surface area contributed by atoms with Crippen molar-refractivity contribution in [1.29, 1.82) is 0 Å². The first-order chi connectivity index (χ1) is 16.4. The number of amides is 1. The molecule has 0 radical (unpaired) electrons. The van der Waals surface area contributed by atoms with Gasteiger partial charge in [0.1, 0.15) is 17.1 Å². The SMILES string of the molecule is COc1ccc2nc(N3C4COCC3C4)sc2c1C(=O)Nc1ccc(OC(F)F)cc1C(=O)O. The number of thiazole rings is 1. The van der Waals surface area contributed by atoms with E-state index in [9.17, 15) is 23.5 Å². The molecule has 2 bridgehead atoms. The minimum Gasteiger partial charge on any atom is -0.496 e. The van der Waals surface area contributed by atoms with E-state index < -0.39 is 24.1 Å². The van der Waals surface area contributed by atoms with E-state index in [-0.39, 0.29) is 29.1 Å². The van der Waals surface area contributed by atoms with Crippen LogP contribution in [-0.2, 0) is 4.74 Å². The molecular weight excluding hydrogens is 472 g/mol. The number of carbonyl (C=O) groups is 2. The van der Waals surface area contributed by atoms with Crippen LogP contribution in [0.2, 0.25) is 0 Å². The highest BCUT2D eigenvalue weighted by Gasteiger charge is 2.44. The number of aromatic nitrogens is 1. The molecule has 1 amide bonds. The summed E-state index contributed by atoms with van der Waals surface area (Å²) in [6.45, 7) is -1.85. The van der Waals surface area contributed by atoms with Crippen LogP contribution in [0.1, 0.15) is 27.1 Å². The van der Waals surface area contributed by atoms with E-state index in [1.807, 2.05) is 0 Å². The molecule has 3 heterocycles. The lowest BCUT2D eigenvalue weighted by atomic mass is 9.92. The highest BCUT2D eigenvalue weighted by molar-refractivity contribution is 7.22. The third-order valence-electron chi connectivity index (χ3n) is 5.82. The van der Waals surface area contributed by atoms with E-state index in [4.69, 9.17) is 14.5 Å². The predicted molar refractivity (Wildman–Crippen MR) is 120 cm³/mol. The molecular formula is C22H19F2N3O6S. The van der Waals surface area contributed by atoms with Gasteiger partial charge in [0.05, 0.1) is 53.9 Å². The second-order valence-corrected chi connectivity index (χ2v) is 8.80. The standard InChI is InChI=1S/C22H19F2N3O6S/c1-31-16-5-4-15-18(34-22(26-15)27-10-6-11(27)9-32-8-10)17(16)19(28)25-14-3-2-12(33-21(23)24)7-13(14)20(29)30/h2-5,7,10-11,21H,6,8-9H2,1H3,(H,25,28)(H,29,30). The van der Waals surface area contributed by atoms with Crippen LogP contribution in [0, 0.1) is 0 Å². The van der Waals surface area contributed by atoms with Crippen molar-refractivity contribution in [1.82, 2.24) is 4.98 Å². The van der Waals surface area contributed by atoms with Crippen LogP contribution >= 0.6 is 11.3 Å². The molecule has 3 aromatic rings.